The van der Waals surface area contributed by atoms with Gasteiger partial charge in [0.1, 0.15) is 22.8 Å². The quantitative estimate of drug-likeness (QED) is 0.0762. The second-order valence-corrected chi connectivity index (χ2v) is 10.7. The summed E-state index contributed by atoms with van der Waals surface area (Å²) >= 11 is 0. The van der Waals surface area contributed by atoms with Crippen LogP contribution in [0.1, 0.15) is 26.3 Å². The van der Waals surface area contributed by atoms with Crippen LogP contribution in [0, 0.1) is 0 Å². The lowest BCUT2D eigenvalue weighted by Crippen LogP contribution is -1.99. The van der Waals surface area contributed by atoms with Crippen molar-refractivity contribution in [2.75, 3.05) is 18.6 Å². The molecule has 6 rings (SSSR count). The molecule has 0 aromatic heterocycles. The van der Waals surface area contributed by atoms with Crippen LogP contribution in [0.5, 0.6) is 5.75 Å². The Morgan fingerprint density at radius 3 is 1.52 bits per heavy atom. The average molecular weight is 641 g/mol. The number of nitrogens with two attached hydrogens (primary N) is 2. The van der Waals surface area contributed by atoms with Crippen molar-refractivity contribution in [2.45, 2.75) is 6.61 Å². The maximum Gasteiger partial charge on any atom is 0.336 e. The van der Waals surface area contributed by atoms with Crippen molar-refractivity contribution in [1.82, 2.24) is 0 Å². The summed E-state index contributed by atoms with van der Waals surface area (Å²) in [6.07, 6.45) is 0. The number of aromatic carboxylic acids is 2. The van der Waals surface area contributed by atoms with Crippen molar-refractivity contribution < 1.29 is 29.6 Å². The first-order valence-corrected chi connectivity index (χ1v) is 14.5. The number of carboxylic acids is 2. The third-order valence-corrected chi connectivity index (χ3v) is 7.88. The fourth-order valence-electron chi connectivity index (χ4n) is 5.43. The topological polar surface area (TPSA) is 206 Å². The molecule has 0 atom stereocenters. The molecular formula is C36H28N6O6. The molecule has 0 unspecified atom stereocenters. The zero-order valence-corrected chi connectivity index (χ0v) is 25.5. The van der Waals surface area contributed by atoms with Gasteiger partial charge in [-0.2, -0.15) is 5.11 Å². The smallest absolute Gasteiger partial charge is 0.336 e. The van der Waals surface area contributed by atoms with Crippen molar-refractivity contribution >= 4 is 67.6 Å². The largest absolute Gasteiger partial charge is 0.494 e. The lowest BCUT2D eigenvalue weighted by atomic mass is 10.0. The highest BCUT2D eigenvalue weighted by molar-refractivity contribution is 6.11. The fourth-order valence-corrected chi connectivity index (χ4v) is 5.43. The molecule has 0 saturated carbocycles. The zero-order valence-electron chi connectivity index (χ0n) is 25.5. The number of nitrogens with zero attached hydrogens (tertiary/aromatic N) is 4. The summed E-state index contributed by atoms with van der Waals surface area (Å²) < 4.78 is 5.58. The van der Waals surface area contributed by atoms with Crippen molar-refractivity contribution in [3.63, 3.8) is 0 Å². The predicted molar refractivity (Wildman–Crippen MR) is 183 cm³/mol. The van der Waals surface area contributed by atoms with Gasteiger partial charge in [0.25, 0.3) is 0 Å². The van der Waals surface area contributed by atoms with Crippen molar-refractivity contribution in [2.24, 2.45) is 20.5 Å². The molecule has 6 aromatic carbocycles. The SMILES string of the molecule is COc1cc(-c2ccc(N=Nc3cc(C(=O)O)c4ccccc4c3N)c(CO)c2)ccc1N=Nc1cc(C(=O)O)c2ccccc2c1N. The first-order chi connectivity index (χ1) is 23.2. The molecule has 12 nitrogen and oxygen atoms in total. The normalized spacial score (nSPS) is 11.5. The van der Waals surface area contributed by atoms with Crippen molar-refractivity contribution in [3.8, 4) is 16.9 Å². The van der Waals surface area contributed by atoms with E-state index in [9.17, 15) is 24.9 Å². The van der Waals surface area contributed by atoms with Crippen LogP contribution in [0.4, 0.5) is 34.1 Å². The zero-order chi connectivity index (χ0) is 33.9. The lowest BCUT2D eigenvalue weighted by molar-refractivity contribution is 0.0688. The average Bonchev–Trinajstić information content (AvgIpc) is 3.10. The van der Waals surface area contributed by atoms with Crippen LogP contribution >= 0.6 is 0 Å². The monoisotopic (exact) mass is 640 g/mol. The Labute approximate surface area is 273 Å². The number of anilines is 2. The van der Waals surface area contributed by atoms with E-state index in [-0.39, 0.29) is 34.8 Å². The van der Waals surface area contributed by atoms with Gasteiger partial charge in [-0.1, -0.05) is 60.7 Å². The summed E-state index contributed by atoms with van der Waals surface area (Å²) in [7, 11) is 1.49. The molecule has 0 amide bonds. The van der Waals surface area contributed by atoms with Gasteiger partial charge in [-0.3, -0.25) is 0 Å². The van der Waals surface area contributed by atoms with Gasteiger partial charge in [0.15, 0.2) is 0 Å². The van der Waals surface area contributed by atoms with Gasteiger partial charge in [0, 0.05) is 16.3 Å². The van der Waals surface area contributed by atoms with Gasteiger partial charge in [0.2, 0.25) is 0 Å². The third-order valence-electron chi connectivity index (χ3n) is 7.88. The summed E-state index contributed by atoms with van der Waals surface area (Å²) in [4.78, 5) is 23.8. The van der Waals surface area contributed by atoms with E-state index >= 15 is 0 Å². The molecule has 0 bridgehead atoms. The number of carboxylic acid groups (broad SMARTS) is 2. The number of hydrogen-bond donors (Lipinski definition) is 5. The van der Waals surface area contributed by atoms with Crippen molar-refractivity contribution in [3.05, 3.63) is 114 Å². The molecule has 0 aliphatic heterocycles. The van der Waals surface area contributed by atoms with Crippen LogP contribution < -0.4 is 16.2 Å². The fraction of sp³-hybridized carbons (Fsp3) is 0.0556. The summed E-state index contributed by atoms with van der Waals surface area (Å²) in [6.45, 7) is -0.343. The van der Waals surface area contributed by atoms with Gasteiger partial charge in [-0.15, -0.1) is 15.3 Å². The van der Waals surface area contributed by atoms with Crippen LogP contribution in [0.2, 0.25) is 0 Å². The molecule has 0 aliphatic rings. The first kappa shape index (κ1) is 31.3. The van der Waals surface area contributed by atoms with Crippen LogP contribution in [0.25, 0.3) is 32.7 Å². The number of rotatable bonds is 9. The van der Waals surface area contributed by atoms with E-state index in [1.807, 2.05) is 0 Å². The standard InChI is InChI=1S/C36H28N6O6/c1-48-32-15-20(11-13-29(32)40-42-31-17-27(36(46)47)23-7-3-5-9-25(23)34(31)38)19-10-12-28(21(14-19)18-43)39-41-30-16-26(35(44)45)22-6-2-4-8-24(22)33(30)37/h2-17,43H,18,37-38H2,1H3,(H,44,45)(H,46,47). The highest BCUT2D eigenvalue weighted by Gasteiger charge is 2.16. The number of azo groups is 2. The predicted octanol–water partition coefficient (Wildman–Crippen LogP) is 8.55. The van der Waals surface area contributed by atoms with Crippen LogP contribution in [0.15, 0.2) is 118 Å². The molecule has 0 saturated heterocycles. The summed E-state index contributed by atoms with van der Waals surface area (Å²) in [6, 6.07) is 27.1. The van der Waals surface area contributed by atoms with Gasteiger partial charge in [-0.25, -0.2) is 9.59 Å². The molecule has 7 N–H and O–H groups in total. The minimum absolute atomic E-state index is 0.0501. The van der Waals surface area contributed by atoms with E-state index in [0.29, 0.717) is 49.9 Å². The van der Waals surface area contributed by atoms with Crippen LogP contribution in [-0.2, 0) is 6.61 Å². The lowest BCUT2D eigenvalue weighted by Gasteiger charge is -2.11. The van der Waals surface area contributed by atoms with E-state index < -0.39 is 11.9 Å². The van der Waals surface area contributed by atoms with E-state index in [1.54, 1.807) is 84.9 Å². The summed E-state index contributed by atoms with van der Waals surface area (Å²) in [5.74, 6) is -1.83. The highest BCUT2D eigenvalue weighted by atomic mass is 16.5. The van der Waals surface area contributed by atoms with Gasteiger partial charge >= 0.3 is 11.9 Å². The Hall–Kier alpha value is -6.66. The van der Waals surface area contributed by atoms with Gasteiger partial charge in [-0.05, 0) is 58.3 Å². The number of fused-ring (bicyclic) bond motifs is 2. The molecule has 12 heteroatoms. The number of benzene rings is 6. The number of hydrogen-bond acceptors (Lipinski definition) is 10. The Bertz CT molecular complexity index is 2160. The second kappa shape index (κ2) is 13.0. The maximum atomic E-state index is 11.9. The van der Waals surface area contributed by atoms with Crippen molar-refractivity contribution in [1.29, 1.82) is 0 Å². The Morgan fingerprint density at radius 2 is 1.04 bits per heavy atom. The molecule has 238 valence electrons. The minimum Gasteiger partial charge on any atom is -0.494 e. The second-order valence-electron chi connectivity index (χ2n) is 10.7. The molecular weight excluding hydrogens is 612 g/mol. The number of carbonyl (C=O) groups is 2. The van der Waals surface area contributed by atoms with E-state index in [1.165, 1.54) is 19.2 Å². The number of aliphatic hydroxyl groups excluding tert-OH is 1. The van der Waals surface area contributed by atoms with E-state index in [4.69, 9.17) is 16.2 Å². The molecule has 0 radical (unpaired) electrons. The van der Waals surface area contributed by atoms with Gasteiger partial charge < -0.3 is 31.5 Å². The molecule has 0 aliphatic carbocycles. The number of nitrogen functional groups attached to an aromatic ring is 2. The Balaban J connectivity index is 1.30. The van der Waals surface area contributed by atoms with E-state index in [0.717, 1.165) is 11.1 Å². The number of ether oxygens (including phenoxy) is 1. The molecule has 0 fully saturated rings. The molecule has 0 spiro atoms. The Morgan fingerprint density at radius 1 is 0.604 bits per heavy atom. The van der Waals surface area contributed by atoms with Crippen LogP contribution in [0.3, 0.4) is 0 Å². The molecule has 48 heavy (non-hydrogen) atoms. The number of aliphatic hydroxyl groups is 1. The minimum atomic E-state index is -1.11. The van der Waals surface area contributed by atoms with Gasteiger partial charge in [0.05, 0.1) is 41.9 Å². The maximum absolute atomic E-state index is 11.9. The third kappa shape index (κ3) is 5.86. The summed E-state index contributed by atoms with van der Waals surface area (Å²) in [5, 5.41) is 48.8. The van der Waals surface area contributed by atoms with E-state index in [2.05, 4.69) is 20.5 Å². The molecule has 0 heterocycles. The highest BCUT2D eigenvalue weighted by Crippen LogP contribution is 2.39. The van der Waals surface area contributed by atoms with Crippen LogP contribution in [-0.4, -0.2) is 34.4 Å². The summed E-state index contributed by atoms with van der Waals surface area (Å²) in [5.41, 5.74) is 16.4. The Kier molecular flexibility index (Phi) is 8.47. The molecule has 6 aromatic rings. The first-order valence-electron chi connectivity index (χ1n) is 14.5. The number of methoxy groups -OCH3 is 1.